The summed E-state index contributed by atoms with van der Waals surface area (Å²) >= 11 is 0. The summed E-state index contributed by atoms with van der Waals surface area (Å²) in [6.07, 6.45) is 0. The average Bonchev–Trinajstić information content (AvgIpc) is 1.44. The number of aromatic nitrogens is 3. The molecule has 0 atom stereocenters. The van der Waals surface area contributed by atoms with E-state index in [2.05, 4.69) is 455 Å². The van der Waals surface area contributed by atoms with Gasteiger partial charge in [-0.3, -0.25) is 0 Å². The molecule has 29 rings (SSSR count). The molecule has 12 heteroatoms. The molecule has 0 saturated heterocycles. The summed E-state index contributed by atoms with van der Waals surface area (Å²) in [7, 11) is 0. The van der Waals surface area contributed by atoms with Crippen LogP contribution in [0.1, 0.15) is 0 Å². The first kappa shape index (κ1) is 65.6. The molecule has 17 aromatic carbocycles. The van der Waals surface area contributed by atoms with Crippen molar-refractivity contribution in [3.63, 3.8) is 0 Å². The predicted octanol–water partition coefficient (Wildman–Crippen LogP) is 23.3. The zero-order chi connectivity index (χ0) is 78.1. The van der Waals surface area contributed by atoms with Gasteiger partial charge in [-0.15, -0.1) is 0 Å². The summed E-state index contributed by atoms with van der Waals surface area (Å²) in [5.41, 5.74) is 46.9. The molecule has 120 heavy (non-hydrogen) atoms. The molecule has 0 unspecified atom stereocenters. The first-order chi connectivity index (χ1) is 59.7. The van der Waals surface area contributed by atoms with Crippen LogP contribution in [0, 0.1) is 0 Å². The van der Waals surface area contributed by atoms with Crippen molar-refractivity contribution in [2.45, 2.75) is 0 Å². The molecule has 3 aromatic heterocycles. The fourth-order valence-corrected chi connectivity index (χ4v) is 22.1. The van der Waals surface area contributed by atoms with Crippen LogP contribution in [-0.4, -0.2) is 34.2 Å². The summed E-state index contributed by atoms with van der Waals surface area (Å²) in [6.45, 7) is 0.239. The molecule has 0 N–H and O–H groups in total. The van der Waals surface area contributed by atoms with Gasteiger partial charge in [-0.05, 0) is 183 Å². The highest BCUT2D eigenvalue weighted by Crippen LogP contribution is 2.57. The quantitative estimate of drug-likeness (QED) is 0.160. The predicted molar refractivity (Wildman–Crippen MR) is 503 cm³/mol. The highest BCUT2D eigenvalue weighted by atomic mass is 15.3. The monoisotopic (exact) mass is 1520 g/mol. The van der Waals surface area contributed by atoms with Crippen LogP contribution in [0.4, 0.5) is 85.3 Å². The third kappa shape index (κ3) is 8.82. The first-order valence-electron chi connectivity index (χ1n) is 41.7. The van der Waals surface area contributed by atoms with E-state index in [1.54, 1.807) is 0 Å². The van der Waals surface area contributed by atoms with Crippen molar-refractivity contribution in [2.24, 2.45) is 0 Å². The lowest BCUT2D eigenvalue weighted by atomic mass is 9.44. The molecule has 0 aliphatic carbocycles. The van der Waals surface area contributed by atoms with Crippen LogP contribution in [0.15, 0.2) is 413 Å². The van der Waals surface area contributed by atoms with E-state index in [-0.39, 0.29) is 20.5 Å². The van der Waals surface area contributed by atoms with E-state index in [9.17, 15) is 0 Å². The molecule has 0 bridgehead atoms. The Bertz CT molecular complexity index is 7760. The number of nitrogens with zero attached hydrogens (tertiary/aromatic N) is 9. The van der Waals surface area contributed by atoms with Gasteiger partial charge in [-0.2, -0.15) is 0 Å². The SMILES string of the molecule is c1ccc(-c2ccc(N3c4cccc5c4B4c6c3c3ccccc3n6-c3ccccc3N4c3ccccc3-5)cc2)cc1.c1ccc(-c2cccc(N3c4cccc5c4B4c6c3c3ccccc3n6-c3ccccc3N4c3ccccc3-5)c2)cc1.c1ccc(N2c3cccc4c3B3c5c2c2ccccc2n5-c2ccccc2N3c2ccccc2-4)cc1. The number of fused-ring (bicyclic) bond motifs is 27. The summed E-state index contributed by atoms with van der Waals surface area (Å²) in [6, 6.07) is 151. The number of benzene rings is 17. The molecule has 0 amide bonds. The van der Waals surface area contributed by atoms with Gasteiger partial charge in [0.15, 0.2) is 0 Å². The van der Waals surface area contributed by atoms with Crippen LogP contribution in [-0.2, 0) is 0 Å². The van der Waals surface area contributed by atoms with Crippen molar-refractivity contribution in [1.82, 2.24) is 13.7 Å². The zero-order valence-electron chi connectivity index (χ0n) is 65.0. The Hall–Kier alpha value is -15.6. The second-order valence-electron chi connectivity index (χ2n) is 32.5. The Kier molecular flexibility index (Phi) is 13.6. The number of hydrogen-bond acceptors (Lipinski definition) is 6. The van der Waals surface area contributed by atoms with Crippen LogP contribution in [0.2, 0.25) is 0 Å². The van der Waals surface area contributed by atoms with Crippen molar-refractivity contribution in [3.8, 4) is 72.7 Å². The van der Waals surface area contributed by atoms with Gasteiger partial charge in [-0.25, -0.2) is 0 Å². The fourth-order valence-electron chi connectivity index (χ4n) is 22.1. The molecule has 9 nitrogen and oxygen atoms in total. The molecule has 12 heterocycles. The number of rotatable bonds is 5. The second-order valence-corrected chi connectivity index (χ2v) is 32.5. The molecule has 0 fully saturated rings. The summed E-state index contributed by atoms with van der Waals surface area (Å²) < 4.78 is 7.58. The second kappa shape index (κ2) is 24.9. The molecule has 0 saturated carbocycles. The van der Waals surface area contributed by atoms with Crippen LogP contribution in [0.25, 0.3) is 105 Å². The van der Waals surface area contributed by atoms with Gasteiger partial charge in [0.05, 0.1) is 67.7 Å². The maximum atomic E-state index is 2.59. The van der Waals surface area contributed by atoms with Crippen molar-refractivity contribution in [3.05, 3.63) is 413 Å². The normalized spacial score (nSPS) is 13.7. The topological polar surface area (TPSA) is 34.2 Å². The van der Waals surface area contributed by atoms with Crippen LogP contribution in [0.3, 0.4) is 0 Å². The Morgan fingerprint density at radius 1 is 0.167 bits per heavy atom. The first-order valence-corrected chi connectivity index (χ1v) is 41.7. The van der Waals surface area contributed by atoms with Crippen molar-refractivity contribution in [1.29, 1.82) is 0 Å². The van der Waals surface area contributed by atoms with Crippen LogP contribution < -0.4 is 62.3 Å². The maximum Gasteiger partial charge on any atom is 0.351 e. The number of anilines is 15. The molecule has 20 aromatic rings. The van der Waals surface area contributed by atoms with E-state index in [0.29, 0.717) is 0 Å². The Labute approximate surface area is 695 Å². The van der Waals surface area contributed by atoms with Gasteiger partial charge in [0, 0.05) is 101 Å². The van der Waals surface area contributed by atoms with Crippen molar-refractivity contribution in [2.75, 3.05) is 29.1 Å². The highest BCUT2D eigenvalue weighted by molar-refractivity contribution is 6.96. The minimum Gasteiger partial charge on any atom is -0.374 e. The third-order valence-corrected chi connectivity index (χ3v) is 26.6. The average molecular weight is 1520 g/mol. The van der Waals surface area contributed by atoms with E-state index < -0.39 is 0 Å². The Morgan fingerprint density at radius 2 is 0.425 bits per heavy atom. The van der Waals surface area contributed by atoms with Gasteiger partial charge in [0.2, 0.25) is 0 Å². The van der Waals surface area contributed by atoms with Crippen LogP contribution >= 0.6 is 0 Å². The number of para-hydroxylation sites is 13. The highest BCUT2D eigenvalue weighted by Gasteiger charge is 2.55. The van der Waals surface area contributed by atoms with E-state index in [0.717, 1.165) is 0 Å². The van der Waals surface area contributed by atoms with Gasteiger partial charge < -0.3 is 42.8 Å². The lowest BCUT2D eigenvalue weighted by Crippen LogP contribution is -2.65. The fraction of sp³-hybridized carbons (Fsp3) is 0. The van der Waals surface area contributed by atoms with Gasteiger partial charge in [0.25, 0.3) is 0 Å². The maximum absolute atomic E-state index is 2.59. The van der Waals surface area contributed by atoms with E-state index in [4.69, 9.17) is 0 Å². The van der Waals surface area contributed by atoms with Gasteiger partial charge in [-0.1, -0.05) is 285 Å². The minimum absolute atomic E-state index is 0.0666. The van der Waals surface area contributed by atoms with Crippen molar-refractivity contribution < 1.29 is 0 Å². The van der Waals surface area contributed by atoms with Gasteiger partial charge >= 0.3 is 20.5 Å². The third-order valence-electron chi connectivity index (χ3n) is 26.6. The van der Waals surface area contributed by atoms with Crippen LogP contribution in [0.5, 0.6) is 0 Å². The Balaban J connectivity index is 0.0000000955. The minimum atomic E-state index is 0.0666. The molecule has 9 aliphatic heterocycles. The van der Waals surface area contributed by atoms with E-state index >= 15 is 0 Å². The summed E-state index contributed by atoms with van der Waals surface area (Å²) in [5, 5.41) is 3.82. The molecular weight excluding hydrogens is 1460 g/mol. The smallest absolute Gasteiger partial charge is 0.351 e. The molecule has 0 radical (unpaired) electrons. The molecule has 554 valence electrons. The number of hydrogen-bond donors (Lipinski definition) is 0. The van der Waals surface area contributed by atoms with E-state index in [1.165, 1.54) is 224 Å². The molecule has 0 spiro atoms. The van der Waals surface area contributed by atoms with Gasteiger partial charge in [0.1, 0.15) is 0 Å². The lowest BCUT2D eigenvalue weighted by Gasteiger charge is -2.47. The Morgan fingerprint density at radius 3 is 0.817 bits per heavy atom. The largest absolute Gasteiger partial charge is 0.374 e. The zero-order valence-corrected chi connectivity index (χ0v) is 65.0. The summed E-state index contributed by atoms with van der Waals surface area (Å²) in [5.74, 6) is 0. The standard InChI is InChI=1S/2C38H24BN3.C32H20BN3/c1-2-12-25(13-3-1)26-14-10-15-27(24-26)40-35-23-11-18-29-28-16-4-7-20-32(28)42-34-22-9-8-21-33(34)41-31-19-6-5-17-30(31)37(40)38(41)39(42)36(29)35;1-2-11-25(12-3-1)26-21-23-27(24-22-26)40-35-20-10-15-29-28-13-4-7-17-32(28)42-34-19-9-8-18-33(34)41-31-16-6-5-14-30(31)37(40)38(41)39(42)36(29)35;1-2-11-21(12-3-1)34-29-20-10-15-23-22-13-4-7-17-26(22)36-28-19-9-8-18-27(28)35-25-16-6-5-14-24(25)31(34)32(35)33(36)30(23)29/h2*1-24H;1-20H. The molecule has 9 aliphatic rings. The van der Waals surface area contributed by atoms with Crippen molar-refractivity contribution >= 4 is 172 Å². The lowest BCUT2D eigenvalue weighted by molar-refractivity contribution is 1.11. The molecular formula is C108H68B3N9. The summed E-state index contributed by atoms with van der Waals surface area (Å²) in [4.78, 5) is 15.3. The van der Waals surface area contributed by atoms with E-state index in [1.807, 2.05) is 0 Å².